The van der Waals surface area contributed by atoms with Gasteiger partial charge in [-0.1, -0.05) is 28.0 Å². The van der Waals surface area contributed by atoms with Gasteiger partial charge in [0.05, 0.1) is 3.57 Å². The van der Waals surface area contributed by atoms with Crippen LogP contribution in [0.3, 0.4) is 0 Å². The summed E-state index contributed by atoms with van der Waals surface area (Å²) < 4.78 is 57.6. The molecule has 0 radical (unpaired) electrons. The van der Waals surface area contributed by atoms with Gasteiger partial charge in [-0.25, -0.2) is 8.78 Å². The van der Waals surface area contributed by atoms with Gasteiger partial charge in [-0.3, -0.25) is 4.79 Å². The highest BCUT2D eigenvalue weighted by Crippen LogP contribution is 2.40. The summed E-state index contributed by atoms with van der Waals surface area (Å²) in [4.78, 5) is 11.6. The van der Waals surface area contributed by atoms with Crippen LogP contribution in [0.2, 0.25) is 0 Å². The van der Waals surface area contributed by atoms with Crippen molar-refractivity contribution < 1.29 is 27.1 Å². The van der Waals surface area contributed by atoms with E-state index in [1.807, 2.05) is 21.6 Å². The van der Waals surface area contributed by atoms with E-state index in [0.717, 1.165) is 47.6 Å². The fourth-order valence-electron chi connectivity index (χ4n) is 2.05. The molecule has 0 aliphatic carbocycles. The standard InChI is InChI=1S/C14H13F4IO2S2/c15-9-11(17)14(12(18)10(16)13(9)19)21-8(20)4-2-1-3-7-5-6-22-23-7/h7H,1-6H2/t7-/m0/s1. The Morgan fingerprint density at radius 1 is 1.13 bits per heavy atom. The largest absolute Gasteiger partial charge is 0.420 e. The number of carbonyl (C=O) groups is 1. The van der Waals surface area contributed by atoms with E-state index in [9.17, 15) is 22.4 Å². The zero-order valence-corrected chi connectivity index (χ0v) is 15.6. The molecule has 1 heterocycles. The van der Waals surface area contributed by atoms with Crippen LogP contribution in [-0.2, 0) is 4.79 Å². The molecule has 0 aromatic heterocycles. The summed E-state index contributed by atoms with van der Waals surface area (Å²) in [5.74, 6) is -7.61. The van der Waals surface area contributed by atoms with E-state index in [1.165, 1.54) is 0 Å². The Hall–Kier alpha value is -0.160. The zero-order valence-electron chi connectivity index (χ0n) is 11.8. The van der Waals surface area contributed by atoms with Crippen LogP contribution in [0, 0.1) is 26.8 Å². The number of esters is 1. The van der Waals surface area contributed by atoms with Gasteiger partial charge in [0.25, 0.3) is 0 Å². The molecule has 1 atom stereocenters. The summed E-state index contributed by atoms with van der Waals surface area (Å²) >= 11 is 1.14. The lowest BCUT2D eigenvalue weighted by Gasteiger charge is -2.10. The molecular formula is C14H13F4IO2S2. The van der Waals surface area contributed by atoms with Crippen LogP contribution in [0.25, 0.3) is 0 Å². The van der Waals surface area contributed by atoms with Crippen LogP contribution in [0.4, 0.5) is 17.6 Å². The molecule has 0 bridgehead atoms. The maximum Gasteiger partial charge on any atom is 0.311 e. The average Bonchev–Trinajstić information content (AvgIpc) is 3.05. The molecule has 2 rings (SSSR count). The Labute approximate surface area is 152 Å². The molecule has 2 nitrogen and oxygen atoms in total. The molecule has 0 unspecified atom stereocenters. The first kappa shape index (κ1) is 19.2. The van der Waals surface area contributed by atoms with Gasteiger partial charge in [0.15, 0.2) is 11.6 Å². The number of halogens is 5. The second-order valence-corrected chi connectivity index (χ2v) is 8.81. The number of hydrogen-bond acceptors (Lipinski definition) is 4. The SMILES string of the molecule is O=C(CCCC[C@H]1CCSS1)Oc1c(F)c(F)c(I)c(F)c1F. The molecule has 0 amide bonds. The molecule has 1 fully saturated rings. The van der Waals surface area contributed by atoms with Crippen LogP contribution in [-0.4, -0.2) is 17.0 Å². The molecule has 0 saturated carbocycles. The van der Waals surface area contributed by atoms with Crippen molar-refractivity contribution in [3.05, 3.63) is 26.8 Å². The van der Waals surface area contributed by atoms with Gasteiger partial charge in [-0.05, 0) is 41.9 Å². The van der Waals surface area contributed by atoms with Crippen LogP contribution >= 0.6 is 44.2 Å². The smallest absolute Gasteiger partial charge is 0.311 e. The van der Waals surface area contributed by atoms with Crippen LogP contribution < -0.4 is 4.74 Å². The first-order valence-corrected chi connectivity index (χ1v) is 10.4. The minimum Gasteiger partial charge on any atom is -0.420 e. The zero-order chi connectivity index (χ0) is 17.0. The molecular weight excluding hydrogens is 467 g/mol. The number of rotatable bonds is 6. The molecule has 0 N–H and O–H groups in total. The minimum absolute atomic E-state index is 0.0569. The van der Waals surface area contributed by atoms with Crippen molar-refractivity contribution in [2.45, 2.75) is 37.4 Å². The molecule has 1 saturated heterocycles. The third-order valence-electron chi connectivity index (χ3n) is 3.27. The van der Waals surface area contributed by atoms with Gasteiger partial charge in [0.2, 0.25) is 17.4 Å². The molecule has 1 aliphatic rings. The quantitative estimate of drug-likeness (QED) is 0.0789. The number of carbonyl (C=O) groups excluding carboxylic acids is 1. The molecule has 9 heteroatoms. The third-order valence-corrected chi connectivity index (χ3v) is 7.22. The number of unbranched alkanes of at least 4 members (excludes halogenated alkanes) is 1. The van der Waals surface area contributed by atoms with Crippen LogP contribution in [0.15, 0.2) is 0 Å². The molecule has 128 valence electrons. The van der Waals surface area contributed by atoms with Gasteiger partial charge in [0, 0.05) is 17.4 Å². The fourth-order valence-corrected chi connectivity index (χ4v) is 5.55. The normalized spacial score (nSPS) is 17.5. The van der Waals surface area contributed by atoms with E-state index >= 15 is 0 Å². The fraction of sp³-hybridized carbons (Fsp3) is 0.500. The lowest BCUT2D eigenvalue weighted by molar-refractivity contribution is -0.135. The van der Waals surface area contributed by atoms with Crippen LogP contribution in [0.1, 0.15) is 32.1 Å². The third kappa shape index (κ3) is 4.91. The van der Waals surface area contributed by atoms with Gasteiger partial charge in [-0.2, -0.15) is 8.78 Å². The van der Waals surface area contributed by atoms with Gasteiger partial charge in [-0.15, -0.1) is 0 Å². The van der Waals surface area contributed by atoms with Gasteiger partial charge >= 0.3 is 5.97 Å². The second-order valence-electron chi connectivity index (χ2n) is 4.95. The van der Waals surface area contributed by atoms with E-state index in [-0.39, 0.29) is 6.42 Å². The van der Waals surface area contributed by atoms with Crippen molar-refractivity contribution in [3.8, 4) is 5.75 Å². The Kier molecular flexibility index (Phi) is 7.33. The summed E-state index contributed by atoms with van der Waals surface area (Å²) in [5.41, 5.74) is 0. The topological polar surface area (TPSA) is 26.3 Å². The molecule has 23 heavy (non-hydrogen) atoms. The highest BCUT2D eigenvalue weighted by atomic mass is 127. The predicted octanol–water partition coefficient (Wildman–Crippen LogP) is 5.47. The predicted molar refractivity (Wildman–Crippen MR) is 91.5 cm³/mol. The number of benzene rings is 1. The van der Waals surface area contributed by atoms with Crippen molar-refractivity contribution in [1.82, 2.24) is 0 Å². The summed E-state index contributed by atoms with van der Waals surface area (Å²) in [5, 5.41) is 0.574. The Balaban J connectivity index is 1.87. The second kappa shape index (κ2) is 8.80. The van der Waals surface area contributed by atoms with Gasteiger partial charge in [0.1, 0.15) is 0 Å². The lowest BCUT2D eigenvalue weighted by Crippen LogP contribution is -2.13. The van der Waals surface area contributed by atoms with E-state index in [1.54, 1.807) is 0 Å². The number of ether oxygens (including phenoxy) is 1. The summed E-state index contributed by atoms with van der Waals surface area (Å²) in [6.07, 6.45) is 3.32. The average molecular weight is 480 g/mol. The van der Waals surface area contributed by atoms with E-state index in [4.69, 9.17) is 0 Å². The molecule has 1 aromatic carbocycles. The van der Waals surface area contributed by atoms with Gasteiger partial charge < -0.3 is 4.74 Å². The highest BCUT2D eigenvalue weighted by Gasteiger charge is 2.27. The summed E-state index contributed by atoms with van der Waals surface area (Å²) in [7, 11) is 3.65. The first-order valence-electron chi connectivity index (χ1n) is 6.92. The first-order chi connectivity index (χ1) is 10.9. The minimum atomic E-state index is -1.69. The van der Waals surface area contributed by atoms with Crippen molar-refractivity contribution in [2.24, 2.45) is 0 Å². The van der Waals surface area contributed by atoms with Crippen molar-refractivity contribution >= 4 is 50.1 Å². The van der Waals surface area contributed by atoms with Crippen molar-refractivity contribution in [2.75, 3.05) is 5.75 Å². The van der Waals surface area contributed by atoms with E-state index < -0.39 is 38.6 Å². The Bertz CT molecular complexity index is 566. The maximum atomic E-state index is 13.6. The summed E-state index contributed by atoms with van der Waals surface area (Å²) in [6.45, 7) is 0. The van der Waals surface area contributed by atoms with Crippen molar-refractivity contribution in [1.29, 1.82) is 0 Å². The Morgan fingerprint density at radius 3 is 2.35 bits per heavy atom. The maximum absolute atomic E-state index is 13.6. The monoisotopic (exact) mass is 480 g/mol. The number of hydrogen-bond donors (Lipinski definition) is 0. The lowest BCUT2D eigenvalue weighted by atomic mass is 10.1. The molecule has 1 aliphatic heterocycles. The van der Waals surface area contributed by atoms with E-state index in [2.05, 4.69) is 4.74 Å². The summed E-state index contributed by atoms with van der Waals surface area (Å²) in [6, 6.07) is 0. The Morgan fingerprint density at radius 2 is 1.78 bits per heavy atom. The van der Waals surface area contributed by atoms with Crippen molar-refractivity contribution in [3.63, 3.8) is 0 Å². The van der Waals surface area contributed by atoms with E-state index in [0.29, 0.717) is 11.7 Å². The highest BCUT2D eigenvalue weighted by molar-refractivity contribution is 14.1. The van der Waals surface area contributed by atoms with Crippen LogP contribution in [0.5, 0.6) is 5.75 Å². The molecule has 1 aromatic rings. The molecule has 0 spiro atoms.